The fourth-order valence-corrected chi connectivity index (χ4v) is 2.76. The van der Waals surface area contributed by atoms with Gasteiger partial charge in [0, 0.05) is 13.1 Å². The largest absolute Gasteiger partial charge is 0.481 e. The van der Waals surface area contributed by atoms with Crippen LogP contribution in [0.1, 0.15) is 32.1 Å². The van der Waals surface area contributed by atoms with Gasteiger partial charge in [0.15, 0.2) is 5.96 Å². The first kappa shape index (κ1) is 21.4. The van der Waals surface area contributed by atoms with E-state index in [0.717, 1.165) is 0 Å². The molecule has 1 aliphatic rings. The van der Waals surface area contributed by atoms with E-state index in [1.54, 1.807) is 0 Å². The van der Waals surface area contributed by atoms with Gasteiger partial charge < -0.3 is 37.3 Å². The van der Waals surface area contributed by atoms with Gasteiger partial charge in [0.1, 0.15) is 12.3 Å². The number of nitrogens with one attached hydrogen (secondary N) is 1. The molecule has 0 aliphatic carbocycles. The van der Waals surface area contributed by atoms with Crippen molar-refractivity contribution in [3.8, 4) is 0 Å². The highest BCUT2D eigenvalue weighted by Crippen LogP contribution is 2.19. The van der Waals surface area contributed by atoms with E-state index < -0.39 is 36.4 Å². The van der Waals surface area contributed by atoms with Crippen LogP contribution < -0.4 is 22.5 Å². The second kappa shape index (κ2) is 10.3. The van der Waals surface area contributed by atoms with Crippen LogP contribution in [0.25, 0.3) is 0 Å². The van der Waals surface area contributed by atoms with E-state index in [1.807, 2.05) is 0 Å². The summed E-state index contributed by atoms with van der Waals surface area (Å²) in [6.07, 6.45) is 1.77. The Morgan fingerprint density at radius 1 is 1.35 bits per heavy atom. The number of carbonyl (C=O) groups excluding carboxylic acids is 3. The quantitative estimate of drug-likeness (QED) is 0.121. The summed E-state index contributed by atoms with van der Waals surface area (Å²) in [4.78, 5) is 51.6. The van der Waals surface area contributed by atoms with Crippen molar-refractivity contribution in [1.82, 2.24) is 10.2 Å². The zero-order valence-electron chi connectivity index (χ0n) is 14.5. The summed E-state index contributed by atoms with van der Waals surface area (Å²) in [6.45, 7) is 0.729. The predicted octanol–water partition coefficient (Wildman–Crippen LogP) is -2.48. The van der Waals surface area contributed by atoms with E-state index in [-0.39, 0.29) is 11.9 Å². The first-order valence-electron chi connectivity index (χ1n) is 8.35. The molecule has 1 rings (SSSR count). The lowest BCUT2D eigenvalue weighted by molar-refractivity contribution is -0.141. The van der Waals surface area contributed by atoms with E-state index >= 15 is 0 Å². The van der Waals surface area contributed by atoms with Crippen molar-refractivity contribution < 1.29 is 24.3 Å². The van der Waals surface area contributed by atoms with E-state index in [4.69, 9.17) is 22.3 Å². The molecular formula is C15H26N6O5. The molecule has 3 atom stereocenters. The van der Waals surface area contributed by atoms with Gasteiger partial charge in [0.25, 0.3) is 0 Å². The second-order valence-corrected chi connectivity index (χ2v) is 6.09. The average molecular weight is 370 g/mol. The van der Waals surface area contributed by atoms with Gasteiger partial charge in [-0.25, -0.2) is 0 Å². The number of carboxylic acids is 1. The van der Waals surface area contributed by atoms with Crippen LogP contribution in [0.2, 0.25) is 0 Å². The minimum Gasteiger partial charge on any atom is -0.481 e. The standard InChI is InChI=1S/C15H26N6O5/c16-10(3-1-5-19-15(17)18)14(26)21-6-2-4-11(21)13(25)20-9(8-22)7-12(23)24/h8-11H,1-7,16H2,(H,20,25)(H,23,24)(H4,17,18,19)/t9-,10-,11-/m0/s1. The molecule has 0 aromatic carbocycles. The molecule has 0 aromatic rings. The minimum absolute atomic E-state index is 0.0349. The number of hydrogen-bond acceptors (Lipinski definition) is 6. The predicted molar refractivity (Wildman–Crippen MR) is 92.9 cm³/mol. The first-order valence-corrected chi connectivity index (χ1v) is 8.35. The van der Waals surface area contributed by atoms with Crippen LogP contribution in [0.15, 0.2) is 4.99 Å². The van der Waals surface area contributed by atoms with Crippen molar-refractivity contribution in [3.63, 3.8) is 0 Å². The van der Waals surface area contributed by atoms with Gasteiger partial charge in [-0.2, -0.15) is 0 Å². The third-order valence-corrected chi connectivity index (χ3v) is 4.01. The molecule has 11 heteroatoms. The molecule has 0 unspecified atom stereocenters. The molecule has 0 bridgehead atoms. The maximum Gasteiger partial charge on any atom is 0.305 e. The smallest absolute Gasteiger partial charge is 0.305 e. The summed E-state index contributed by atoms with van der Waals surface area (Å²) in [5.74, 6) is -2.16. The van der Waals surface area contributed by atoms with Crippen LogP contribution in [0.5, 0.6) is 0 Å². The van der Waals surface area contributed by atoms with Crippen molar-refractivity contribution in [1.29, 1.82) is 0 Å². The van der Waals surface area contributed by atoms with Crippen LogP contribution >= 0.6 is 0 Å². The van der Waals surface area contributed by atoms with Crippen molar-refractivity contribution in [3.05, 3.63) is 0 Å². The lowest BCUT2D eigenvalue weighted by Gasteiger charge is -2.27. The monoisotopic (exact) mass is 370 g/mol. The summed E-state index contributed by atoms with van der Waals surface area (Å²) in [5.41, 5.74) is 16.3. The number of rotatable bonds is 10. The Morgan fingerprint density at radius 2 is 2.04 bits per heavy atom. The van der Waals surface area contributed by atoms with Gasteiger partial charge in [0.2, 0.25) is 11.8 Å². The Hall–Kier alpha value is -2.69. The molecule has 1 heterocycles. The maximum absolute atomic E-state index is 12.5. The first-order chi connectivity index (χ1) is 12.3. The molecule has 1 fully saturated rings. The molecule has 1 saturated heterocycles. The van der Waals surface area contributed by atoms with Crippen molar-refractivity contribution in [2.45, 2.75) is 50.2 Å². The van der Waals surface area contributed by atoms with Gasteiger partial charge in [-0.15, -0.1) is 0 Å². The third-order valence-electron chi connectivity index (χ3n) is 4.01. The molecule has 11 nitrogen and oxygen atoms in total. The van der Waals surface area contributed by atoms with Crippen molar-refractivity contribution >= 4 is 30.0 Å². The number of aliphatic carboxylic acids is 1. The van der Waals surface area contributed by atoms with E-state index in [0.29, 0.717) is 45.1 Å². The number of hydrogen-bond donors (Lipinski definition) is 5. The average Bonchev–Trinajstić information content (AvgIpc) is 3.06. The van der Waals surface area contributed by atoms with Crippen molar-refractivity contribution in [2.75, 3.05) is 13.1 Å². The van der Waals surface area contributed by atoms with Crippen molar-refractivity contribution in [2.24, 2.45) is 22.2 Å². The number of amides is 2. The maximum atomic E-state index is 12.5. The molecule has 146 valence electrons. The number of carboxylic acid groups (broad SMARTS) is 1. The van der Waals surface area contributed by atoms with Gasteiger partial charge in [-0.3, -0.25) is 19.4 Å². The van der Waals surface area contributed by atoms with Crippen LogP contribution in [0, 0.1) is 0 Å². The fraction of sp³-hybridized carbons (Fsp3) is 0.667. The molecule has 26 heavy (non-hydrogen) atoms. The minimum atomic E-state index is -1.20. The molecule has 0 radical (unpaired) electrons. The zero-order chi connectivity index (χ0) is 19.7. The van der Waals surface area contributed by atoms with E-state index in [1.165, 1.54) is 4.90 Å². The lowest BCUT2D eigenvalue weighted by atomic mass is 10.1. The number of likely N-dealkylation sites (tertiary alicyclic amines) is 1. The van der Waals surface area contributed by atoms with Crippen LogP contribution in [0.3, 0.4) is 0 Å². The van der Waals surface area contributed by atoms with Gasteiger partial charge in [0.05, 0.1) is 18.5 Å². The summed E-state index contributed by atoms with van der Waals surface area (Å²) >= 11 is 0. The number of aldehydes is 1. The Labute approximate surface area is 151 Å². The number of aliphatic imine (C=N–C) groups is 1. The Balaban J connectivity index is 2.60. The second-order valence-electron chi connectivity index (χ2n) is 6.09. The molecule has 8 N–H and O–H groups in total. The summed E-state index contributed by atoms with van der Waals surface area (Å²) in [5, 5.41) is 11.1. The molecule has 0 aromatic heterocycles. The zero-order valence-corrected chi connectivity index (χ0v) is 14.5. The Kier molecular flexibility index (Phi) is 8.49. The van der Waals surface area contributed by atoms with Gasteiger partial charge >= 0.3 is 5.97 Å². The summed E-state index contributed by atoms with van der Waals surface area (Å²) in [6, 6.07) is -2.69. The highest BCUT2D eigenvalue weighted by molar-refractivity contribution is 5.91. The molecule has 1 aliphatic heterocycles. The summed E-state index contributed by atoms with van der Waals surface area (Å²) in [7, 11) is 0. The topological polar surface area (TPSA) is 194 Å². The third kappa shape index (κ3) is 6.67. The normalized spacial score (nSPS) is 18.7. The summed E-state index contributed by atoms with van der Waals surface area (Å²) < 4.78 is 0. The van der Waals surface area contributed by atoms with Crippen LogP contribution in [-0.2, 0) is 19.2 Å². The highest BCUT2D eigenvalue weighted by atomic mass is 16.4. The van der Waals surface area contributed by atoms with E-state index in [9.17, 15) is 19.2 Å². The number of nitrogens with two attached hydrogens (primary N) is 3. The fourth-order valence-electron chi connectivity index (χ4n) is 2.76. The van der Waals surface area contributed by atoms with Gasteiger partial charge in [-0.1, -0.05) is 0 Å². The highest BCUT2D eigenvalue weighted by Gasteiger charge is 2.36. The Bertz CT molecular complexity index is 563. The van der Waals surface area contributed by atoms with Crippen LogP contribution in [-0.4, -0.2) is 71.3 Å². The van der Waals surface area contributed by atoms with E-state index in [2.05, 4.69) is 10.3 Å². The molecular weight excluding hydrogens is 344 g/mol. The molecule has 2 amide bonds. The molecule has 0 saturated carbocycles. The number of carbonyl (C=O) groups is 4. The number of guanidine groups is 1. The number of nitrogens with zero attached hydrogens (tertiary/aromatic N) is 2. The lowest BCUT2D eigenvalue weighted by Crippen LogP contribution is -2.53. The van der Waals surface area contributed by atoms with Crippen LogP contribution in [0.4, 0.5) is 0 Å². The SMILES string of the molecule is NC(N)=NCCC[C@H](N)C(=O)N1CCC[C@H]1C(=O)N[C@H](C=O)CC(=O)O. The Morgan fingerprint density at radius 3 is 2.62 bits per heavy atom. The van der Waals surface area contributed by atoms with Gasteiger partial charge in [-0.05, 0) is 25.7 Å². The molecule has 0 spiro atoms.